The number of nitrogens with zero attached hydrogens (tertiary/aromatic N) is 2. The number of fused-ring (bicyclic) bond motifs is 1. The number of ether oxygens (including phenoxy) is 1. The molecule has 1 aromatic heterocycles. The monoisotopic (exact) mass is 273 g/mol. The summed E-state index contributed by atoms with van der Waals surface area (Å²) < 4.78 is 7.12. The number of carbonyl (C=O) groups is 1. The number of hydrogen-bond acceptors (Lipinski definition) is 4. The van der Waals surface area contributed by atoms with Crippen LogP contribution in [0.5, 0.6) is 5.75 Å². The van der Waals surface area contributed by atoms with Gasteiger partial charge in [-0.2, -0.15) is 0 Å². The lowest BCUT2D eigenvalue weighted by Gasteiger charge is -2.26. The predicted octanol–water partition coefficient (Wildman–Crippen LogP) is 1.99. The Kier molecular flexibility index (Phi) is 3.06. The van der Waals surface area contributed by atoms with Crippen LogP contribution in [-0.2, 0) is 0 Å². The largest absolute Gasteiger partial charge is 0.497 e. The molecule has 2 N–H and O–H groups in total. The third-order valence-corrected chi connectivity index (χ3v) is 3.47. The molecule has 2 heterocycles. The first-order valence-electron chi connectivity index (χ1n) is 6.39. The van der Waals surface area contributed by atoms with Gasteiger partial charge in [-0.05, 0) is 24.1 Å². The second kappa shape index (κ2) is 4.88. The maximum Gasteiger partial charge on any atom is 0.356 e. The van der Waals surface area contributed by atoms with Crippen molar-refractivity contribution in [2.75, 3.05) is 19.0 Å². The average Bonchev–Trinajstić information content (AvgIpc) is 2.91. The molecular formula is C14H15N3O3. The number of hydrogen-bond donors (Lipinski definition) is 2. The second-order valence-electron chi connectivity index (χ2n) is 4.67. The summed E-state index contributed by atoms with van der Waals surface area (Å²) in [5.74, 6) is 0.376. The summed E-state index contributed by atoms with van der Waals surface area (Å²) in [6.07, 6.45) is 2.45. The molecule has 1 unspecified atom stereocenters. The van der Waals surface area contributed by atoms with Gasteiger partial charge in [0.25, 0.3) is 0 Å². The maximum absolute atomic E-state index is 11.0. The van der Waals surface area contributed by atoms with E-state index in [1.54, 1.807) is 13.3 Å². The van der Waals surface area contributed by atoms with E-state index in [1.165, 1.54) is 0 Å². The second-order valence-corrected chi connectivity index (χ2v) is 4.67. The third-order valence-electron chi connectivity index (χ3n) is 3.47. The van der Waals surface area contributed by atoms with E-state index < -0.39 is 5.97 Å². The molecular weight excluding hydrogens is 258 g/mol. The zero-order valence-corrected chi connectivity index (χ0v) is 11.0. The smallest absolute Gasteiger partial charge is 0.356 e. The standard InChI is InChI=1S/C14H15N3O3/c1-20-10-4-2-3-9(7-10)12-5-6-15-14-16-11(13(18)19)8-17(12)14/h2-4,7-8,12H,5-6H2,1H3,(H,15,16)(H,18,19). The highest BCUT2D eigenvalue weighted by Gasteiger charge is 2.24. The number of aromatic nitrogens is 2. The third kappa shape index (κ3) is 2.09. The Bertz CT molecular complexity index is 651. The molecule has 20 heavy (non-hydrogen) atoms. The first kappa shape index (κ1) is 12.5. The molecule has 0 bridgehead atoms. The highest BCUT2D eigenvalue weighted by Crippen LogP contribution is 2.31. The number of nitrogens with one attached hydrogen (secondary N) is 1. The summed E-state index contributed by atoms with van der Waals surface area (Å²) in [4.78, 5) is 15.1. The summed E-state index contributed by atoms with van der Waals surface area (Å²) in [6.45, 7) is 0.762. The fourth-order valence-electron chi connectivity index (χ4n) is 2.50. The van der Waals surface area contributed by atoms with Crippen molar-refractivity contribution in [2.45, 2.75) is 12.5 Å². The molecule has 104 valence electrons. The zero-order chi connectivity index (χ0) is 14.1. The molecule has 0 spiro atoms. The molecule has 3 rings (SSSR count). The Morgan fingerprint density at radius 1 is 1.55 bits per heavy atom. The average molecular weight is 273 g/mol. The highest BCUT2D eigenvalue weighted by atomic mass is 16.5. The molecule has 2 aromatic rings. The van der Waals surface area contributed by atoms with Crippen LogP contribution < -0.4 is 10.1 Å². The van der Waals surface area contributed by atoms with Crippen LogP contribution in [0.25, 0.3) is 0 Å². The molecule has 1 aliphatic rings. The number of carboxylic acid groups (broad SMARTS) is 1. The number of aromatic carboxylic acids is 1. The Labute approximate surface area is 116 Å². The highest BCUT2D eigenvalue weighted by molar-refractivity contribution is 5.85. The maximum atomic E-state index is 11.0. The van der Waals surface area contributed by atoms with E-state index in [0.717, 1.165) is 24.3 Å². The van der Waals surface area contributed by atoms with Gasteiger partial charge in [0, 0.05) is 12.7 Å². The van der Waals surface area contributed by atoms with Crippen molar-refractivity contribution in [3.63, 3.8) is 0 Å². The van der Waals surface area contributed by atoms with Crippen molar-refractivity contribution in [3.8, 4) is 5.75 Å². The van der Waals surface area contributed by atoms with Gasteiger partial charge in [0.05, 0.1) is 13.2 Å². The van der Waals surface area contributed by atoms with E-state index in [1.807, 2.05) is 28.8 Å². The number of anilines is 1. The fourth-order valence-corrected chi connectivity index (χ4v) is 2.50. The van der Waals surface area contributed by atoms with Crippen LogP contribution in [0.2, 0.25) is 0 Å². The van der Waals surface area contributed by atoms with E-state index in [-0.39, 0.29) is 11.7 Å². The number of rotatable bonds is 3. The molecule has 0 saturated carbocycles. The molecule has 0 radical (unpaired) electrons. The van der Waals surface area contributed by atoms with Crippen molar-refractivity contribution < 1.29 is 14.6 Å². The Hall–Kier alpha value is -2.50. The Balaban J connectivity index is 2.02. The number of carboxylic acids is 1. The van der Waals surface area contributed by atoms with Gasteiger partial charge in [-0.1, -0.05) is 12.1 Å². The van der Waals surface area contributed by atoms with Gasteiger partial charge >= 0.3 is 5.97 Å². The van der Waals surface area contributed by atoms with Crippen molar-refractivity contribution in [3.05, 3.63) is 41.7 Å². The fraction of sp³-hybridized carbons (Fsp3) is 0.286. The first-order chi connectivity index (χ1) is 9.69. The molecule has 0 saturated heterocycles. The van der Waals surface area contributed by atoms with Crippen LogP contribution in [-0.4, -0.2) is 34.3 Å². The Morgan fingerprint density at radius 3 is 3.15 bits per heavy atom. The van der Waals surface area contributed by atoms with Crippen LogP contribution in [0.4, 0.5) is 5.95 Å². The van der Waals surface area contributed by atoms with Crippen molar-refractivity contribution in [2.24, 2.45) is 0 Å². The molecule has 6 heteroatoms. The quantitative estimate of drug-likeness (QED) is 0.894. The minimum atomic E-state index is -1.02. The van der Waals surface area contributed by atoms with Crippen LogP contribution >= 0.6 is 0 Å². The van der Waals surface area contributed by atoms with Crippen molar-refractivity contribution in [1.29, 1.82) is 0 Å². The lowest BCUT2D eigenvalue weighted by Crippen LogP contribution is -2.23. The van der Waals surface area contributed by atoms with Crippen LogP contribution in [0.15, 0.2) is 30.5 Å². The molecule has 1 aromatic carbocycles. The summed E-state index contributed by atoms with van der Waals surface area (Å²) in [5.41, 5.74) is 1.14. The van der Waals surface area contributed by atoms with Crippen LogP contribution in [0.1, 0.15) is 28.5 Å². The van der Waals surface area contributed by atoms with Gasteiger partial charge in [0.2, 0.25) is 5.95 Å². The van der Waals surface area contributed by atoms with E-state index in [4.69, 9.17) is 9.84 Å². The first-order valence-corrected chi connectivity index (χ1v) is 6.39. The van der Waals surface area contributed by atoms with Crippen LogP contribution in [0, 0.1) is 0 Å². The van der Waals surface area contributed by atoms with Gasteiger partial charge < -0.3 is 19.7 Å². The molecule has 1 aliphatic heterocycles. The van der Waals surface area contributed by atoms with E-state index >= 15 is 0 Å². The molecule has 0 fully saturated rings. The van der Waals surface area contributed by atoms with Gasteiger partial charge in [-0.3, -0.25) is 0 Å². The topological polar surface area (TPSA) is 76.4 Å². The minimum absolute atomic E-state index is 0.0577. The lowest BCUT2D eigenvalue weighted by molar-refractivity contribution is 0.0691. The van der Waals surface area contributed by atoms with Gasteiger partial charge in [-0.15, -0.1) is 0 Å². The molecule has 0 aliphatic carbocycles. The lowest BCUT2D eigenvalue weighted by atomic mass is 10.0. The van der Waals surface area contributed by atoms with E-state index in [0.29, 0.717) is 5.95 Å². The SMILES string of the molecule is COc1cccc(C2CCNc3nc(C(=O)O)cn32)c1. The molecule has 1 atom stereocenters. The molecule has 6 nitrogen and oxygen atoms in total. The summed E-state index contributed by atoms with van der Waals surface area (Å²) in [7, 11) is 1.63. The summed E-state index contributed by atoms with van der Waals surface area (Å²) in [6, 6.07) is 7.89. The van der Waals surface area contributed by atoms with Gasteiger partial charge in [0.15, 0.2) is 5.69 Å². The zero-order valence-electron chi connectivity index (χ0n) is 11.0. The number of methoxy groups -OCH3 is 1. The van der Waals surface area contributed by atoms with E-state index in [2.05, 4.69) is 10.3 Å². The number of imidazole rings is 1. The number of benzene rings is 1. The van der Waals surface area contributed by atoms with Gasteiger partial charge in [0.1, 0.15) is 5.75 Å². The predicted molar refractivity (Wildman–Crippen MR) is 73.4 cm³/mol. The van der Waals surface area contributed by atoms with Gasteiger partial charge in [-0.25, -0.2) is 9.78 Å². The minimum Gasteiger partial charge on any atom is -0.497 e. The summed E-state index contributed by atoms with van der Waals surface area (Å²) >= 11 is 0. The van der Waals surface area contributed by atoms with E-state index in [9.17, 15) is 4.79 Å². The normalized spacial score (nSPS) is 17.1. The molecule has 0 amide bonds. The van der Waals surface area contributed by atoms with Crippen LogP contribution in [0.3, 0.4) is 0 Å². The van der Waals surface area contributed by atoms with Crippen molar-refractivity contribution >= 4 is 11.9 Å². The Morgan fingerprint density at radius 2 is 2.40 bits per heavy atom. The summed E-state index contributed by atoms with van der Waals surface area (Å²) in [5, 5.41) is 12.2. The van der Waals surface area contributed by atoms with Crippen molar-refractivity contribution in [1.82, 2.24) is 9.55 Å².